The Morgan fingerprint density at radius 2 is 2.33 bits per heavy atom. The van der Waals surface area contributed by atoms with Gasteiger partial charge in [0.1, 0.15) is 12.1 Å². The van der Waals surface area contributed by atoms with Crippen molar-refractivity contribution in [3.8, 4) is 0 Å². The highest BCUT2D eigenvalue weighted by Gasteiger charge is 2.35. The average Bonchev–Trinajstić information content (AvgIpc) is 2.48. The second-order valence-electron chi connectivity index (χ2n) is 3.91. The first-order chi connectivity index (χ1) is 8.51. The monoisotopic (exact) mass is 255 g/mol. The molecule has 1 aliphatic rings. The van der Waals surface area contributed by atoms with Gasteiger partial charge in [0.25, 0.3) is 5.91 Å². The van der Waals surface area contributed by atoms with E-state index in [1.807, 2.05) is 0 Å². The second-order valence-corrected chi connectivity index (χ2v) is 3.91. The lowest BCUT2D eigenvalue weighted by molar-refractivity contribution is -0.158. The summed E-state index contributed by atoms with van der Waals surface area (Å²) >= 11 is 0. The molecule has 7 nitrogen and oxygen atoms in total. The maximum atomic E-state index is 12.0. The van der Waals surface area contributed by atoms with Crippen LogP contribution in [0.2, 0.25) is 0 Å². The Balaban J connectivity index is 2.88. The van der Waals surface area contributed by atoms with Crippen LogP contribution in [0.4, 0.5) is 0 Å². The molecule has 1 heterocycles. The zero-order valence-electron chi connectivity index (χ0n) is 10.5. The van der Waals surface area contributed by atoms with E-state index >= 15 is 0 Å². The minimum atomic E-state index is -0.885. The molecular formula is C11H17N3O4. The van der Waals surface area contributed by atoms with Crippen molar-refractivity contribution < 1.29 is 19.1 Å². The number of nitrogens with one attached hydrogen (secondary N) is 1. The quantitative estimate of drug-likeness (QED) is 0.550. The van der Waals surface area contributed by atoms with Crippen LogP contribution in [0, 0.1) is 0 Å². The van der Waals surface area contributed by atoms with Crippen LogP contribution in [-0.4, -0.2) is 48.2 Å². The van der Waals surface area contributed by atoms with E-state index in [0.717, 1.165) is 5.01 Å². The van der Waals surface area contributed by atoms with Gasteiger partial charge in [0.2, 0.25) is 5.91 Å². The van der Waals surface area contributed by atoms with Gasteiger partial charge in [-0.15, -0.1) is 0 Å². The van der Waals surface area contributed by atoms with Crippen molar-refractivity contribution in [2.45, 2.75) is 38.8 Å². The predicted molar refractivity (Wildman–Crippen MR) is 63.7 cm³/mol. The summed E-state index contributed by atoms with van der Waals surface area (Å²) in [5.74, 6) is -1.35. The molecule has 2 unspecified atom stereocenters. The first-order valence-electron chi connectivity index (χ1n) is 5.76. The van der Waals surface area contributed by atoms with Crippen LogP contribution < -0.4 is 5.43 Å². The first kappa shape index (κ1) is 14.1. The van der Waals surface area contributed by atoms with Crippen LogP contribution in [0.25, 0.3) is 0 Å². The number of ether oxygens (including phenoxy) is 1. The van der Waals surface area contributed by atoms with Gasteiger partial charge in [0.05, 0.1) is 6.61 Å². The lowest BCUT2D eigenvalue weighted by Gasteiger charge is -2.27. The molecule has 0 bridgehead atoms. The van der Waals surface area contributed by atoms with Crippen LogP contribution in [0.3, 0.4) is 0 Å². The first-order valence-corrected chi connectivity index (χ1v) is 5.76. The number of hydrogen-bond donors (Lipinski definition) is 1. The predicted octanol–water partition coefficient (Wildman–Crippen LogP) is -0.339. The summed E-state index contributed by atoms with van der Waals surface area (Å²) in [4.78, 5) is 38.8. The number of esters is 1. The van der Waals surface area contributed by atoms with Crippen molar-refractivity contribution in [1.82, 2.24) is 10.4 Å². The Morgan fingerprint density at radius 1 is 1.67 bits per heavy atom. The number of aliphatic imine (C=N–C) groups is 1. The van der Waals surface area contributed by atoms with Gasteiger partial charge in [-0.1, -0.05) is 0 Å². The molecule has 0 saturated carbocycles. The van der Waals surface area contributed by atoms with Gasteiger partial charge in [-0.05, 0) is 27.0 Å². The summed E-state index contributed by atoms with van der Waals surface area (Å²) in [6.45, 7) is 6.69. The molecule has 100 valence electrons. The molecule has 1 N–H and O–H groups in total. The van der Waals surface area contributed by atoms with Crippen molar-refractivity contribution in [3.05, 3.63) is 0 Å². The number of nitrogens with zero attached hydrogens (tertiary/aromatic N) is 2. The molecule has 0 aromatic carbocycles. The Hall–Kier alpha value is -1.92. The minimum Gasteiger partial charge on any atom is -0.464 e. The van der Waals surface area contributed by atoms with E-state index in [9.17, 15) is 14.4 Å². The Morgan fingerprint density at radius 3 is 2.89 bits per heavy atom. The molecule has 1 aliphatic heterocycles. The summed E-state index contributed by atoms with van der Waals surface area (Å²) in [7, 11) is 0. The molecule has 2 atom stereocenters. The largest absolute Gasteiger partial charge is 0.464 e. The lowest BCUT2D eigenvalue weighted by atomic mass is 10.1. The van der Waals surface area contributed by atoms with E-state index in [2.05, 4.69) is 17.1 Å². The molecule has 2 amide bonds. The van der Waals surface area contributed by atoms with Crippen LogP contribution in [-0.2, 0) is 19.1 Å². The van der Waals surface area contributed by atoms with Gasteiger partial charge >= 0.3 is 5.97 Å². The number of hydrazine groups is 1. The summed E-state index contributed by atoms with van der Waals surface area (Å²) in [5, 5.41) is 0.979. The number of carbonyl (C=O) groups is 3. The Labute approximate surface area is 105 Å². The van der Waals surface area contributed by atoms with Crippen molar-refractivity contribution in [2.24, 2.45) is 4.99 Å². The number of amides is 2. The zero-order chi connectivity index (χ0) is 13.7. The molecule has 1 saturated heterocycles. The fraction of sp³-hybridized carbons (Fsp3) is 0.636. The van der Waals surface area contributed by atoms with Gasteiger partial charge in [-0.2, -0.15) is 0 Å². The van der Waals surface area contributed by atoms with Crippen molar-refractivity contribution in [1.29, 1.82) is 0 Å². The van der Waals surface area contributed by atoms with Gasteiger partial charge in [0.15, 0.2) is 0 Å². The van der Waals surface area contributed by atoms with Gasteiger partial charge in [0, 0.05) is 6.42 Å². The molecule has 0 aromatic heterocycles. The third-order valence-corrected chi connectivity index (χ3v) is 2.65. The molecule has 1 fully saturated rings. The second kappa shape index (κ2) is 6.13. The van der Waals surface area contributed by atoms with E-state index in [1.54, 1.807) is 6.92 Å². The Kier molecular flexibility index (Phi) is 4.82. The highest BCUT2D eigenvalue weighted by Crippen LogP contribution is 2.13. The highest BCUT2D eigenvalue weighted by molar-refractivity contribution is 5.92. The number of carbonyl (C=O) groups excluding carboxylic acids is 3. The van der Waals surface area contributed by atoms with Crippen molar-refractivity contribution >= 4 is 24.5 Å². The standard InChI is InChI=1S/C11H17N3O4/c1-4-18-11(17)7(2)14-10(16)8(12-3)5-6-9(15)13-14/h7-8H,3-6H2,1-2H3,(H,13,15). The van der Waals surface area contributed by atoms with Crippen LogP contribution in [0.5, 0.6) is 0 Å². The summed E-state index contributed by atoms with van der Waals surface area (Å²) in [6, 6.07) is -1.59. The topological polar surface area (TPSA) is 88.1 Å². The van der Waals surface area contributed by atoms with Gasteiger partial charge < -0.3 is 4.74 Å². The molecule has 0 aromatic rings. The van der Waals surface area contributed by atoms with Crippen LogP contribution in [0.1, 0.15) is 26.7 Å². The fourth-order valence-corrected chi connectivity index (χ4v) is 1.62. The van der Waals surface area contributed by atoms with E-state index in [-0.39, 0.29) is 18.9 Å². The summed E-state index contributed by atoms with van der Waals surface area (Å²) < 4.78 is 4.82. The minimum absolute atomic E-state index is 0.168. The summed E-state index contributed by atoms with van der Waals surface area (Å²) in [5.41, 5.74) is 2.39. The average molecular weight is 255 g/mol. The van der Waals surface area contributed by atoms with Crippen LogP contribution in [0.15, 0.2) is 4.99 Å². The van der Waals surface area contributed by atoms with Gasteiger partial charge in [-0.25, -0.2) is 9.80 Å². The number of hydrogen-bond acceptors (Lipinski definition) is 5. The summed E-state index contributed by atoms with van der Waals surface area (Å²) in [6.07, 6.45) is 0.460. The molecule has 0 aliphatic carbocycles. The molecule has 1 rings (SSSR count). The zero-order valence-corrected chi connectivity index (χ0v) is 10.5. The van der Waals surface area contributed by atoms with E-state index < -0.39 is 24.0 Å². The normalized spacial score (nSPS) is 21.9. The highest BCUT2D eigenvalue weighted by atomic mass is 16.5. The van der Waals surface area contributed by atoms with Crippen molar-refractivity contribution in [2.75, 3.05) is 6.61 Å². The number of rotatable bonds is 4. The smallest absolute Gasteiger partial charge is 0.330 e. The molecule has 0 radical (unpaired) electrons. The Bertz CT molecular complexity index is 369. The van der Waals surface area contributed by atoms with Crippen molar-refractivity contribution in [3.63, 3.8) is 0 Å². The third-order valence-electron chi connectivity index (χ3n) is 2.65. The SMILES string of the molecule is C=NC1CCC(=O)NN(C(C)C(=O)OCC)C1=O. The van der Waals surface area contributed by atoms with E-state index in [0.29, 0.717) is 6.42 Å². The molecule has 18 heavy (non-hydrogen) atoms. The maximum absolute atomic E-state index is 12.0. The van der Waals surface area contributed by atoms with Gasteiger partial charge in [-0.3, -0.25) is 20.0 Å². The fourth-order valence-electron chi connectivity index (χ4n) is 1.62. The lowest BCUT2D eigenvalue weighted by Crippen LogP contribution is -2.54. The van der Waals surface area contributed by atoms with E-state index in [1.165, 1.54) is 6.92 Å². The molecule has 7 heteroatoms. The van der Waals surface area contributed by atoms with E-state index in [4.69, 9.17) is 4.74 Å². The molecule has 0 spiro atoms. The van der Waals surface area contributed by atoms with Crippen LogP contribution >= 0.6 is 0 Å². The molecular weight excluding hydrogens is 238 g/mol. The maximum Gasteiger partial charge on any atom is 0.330 e. The third kappa shape index (κ3) is 3.06.